The summed E-state index contributed by atoms with van der Waals surface area (Å²) in [4.78, 5) is 12.3. The number of hydrogen-bond donors (Lipinski definition) is 0. The molecule has 0 spiro atoms. The lowest BCUT2D eigenvalue weighted by Crippen LogP contribution is -2.48. The molecular weight excluding hydrogens is 413 g/mol. The summed E-state index contributed by atoms with van der Waals surface area (Å²) in [5.74, 6) is -0.572. The Labute approximate surface area is 175 Å². The molecule has 30 heavy (non-hydrogen) atoms. The van der Waals surface area contributed by atoms with Gasteiger partial charge in [0.15, 0.2) is 0 Å². The maximum atomic E-state index is 13.0. The Morgan fingerprint density at radius 3 is 2.43 bits per heavy atom. The van der Waals surface area contributed by atoms with E-state index in [1.807, 2.05) is 13.8 Å². The number of morpholine rings is 1. The van der Waals surface area contributed by atoms with Crippen LogP contribution in [0.1, 0.15) is 24.2 Å². The van der Waals surface area contributed by atoms with Crippen molar-refractivity contribution >= 4 is 16.0 Å². The zero-order valence-corrected chi connectivity index (χ0v) is 17.6. The summed E-state index contributed by atoms with van der Waals surface area (Å²) in [6, 6.07) is 11.2. The Balaban J connectivity index is 1.60. The highest BCUT2D eigenvalue weighted by atomic mass is 32.2. The van der Waals surface area contributed by atoms with Crippen molar-refractivity contribution in [2.75, 3.05) is 26.3 Å². The summed E-state index contributed by atoms with van der Waals surface area (Å²) in [7, 11) is -3.76. The van der Waals surface area contributed by atoms with Gasteiger partial charge in [0, 0.05) is 13.1 Å². The first kappa shape index (κ1) is 22.2. The molecule has 0 amide bonds. The van der Waals surface area contributed by atoms with E-state index in [-0.39, 0.29) is 54.8 Å². The van der Waals surface area contributed by atoms with E-state index in [4.69, 9.17) is 14.2 Å². The molecule has 2 aromatic rings. The lowest BCUT2D eigenvalue weighted by atomic mass is 10.2. The monoisotopic (exact) mass is 437 g/mol. The molecule has 0 N–H and O–H groups in total. The fourth-order valence-corrected chi connectivity index (χ4v) is 4.80. The van der Waals surface area contributed by atoms with Crippen molar-refractivity contribution in [2.45, 2.75) is 31.0 Å². The van der Waals surface area contributed by atoms with Gasteiger partial charge < -0.3 is 14.2 Å². The van der Waals surface area contributed by atoms with Crippen molar-refractivity contribution in [3.63, 3.8) is 0 Å². The second-order valence-corrected chi connectivity index (χ2v) is 8.98. The molecule has 1 heterocycles. The average Bonchev–Trinajstić information content (AvgIpc) is 2.71. The minimum Gasteiger partial charge on any atom is -0.490 e. The number of ether oxygens (including phenoxy) is 3. The van der Waals surface area contributed by atoms with Crippen LogP contribution in [0.5, 0.6) is 5.75 Å². The number of nitrogens with zero attached hydrogens (tertiary/aromatic N) is 1. The minimum absolute atomic E-state index is 0.0285. The molecule has 1 fully saturated rings. The van der Waals surface area contributed by atoms with Crippen LogP contribution in [0.15, 0.2) is 53.4 Å². The van der Waals surface area contributed by atoms with E-state index in [1.165, 1.54) is 52.8 Å². The van der Waals surface area contributed by atoms with E-state index < -0.39 is 16.0 Å². The van der Waals surface area contributed by atoms with Gasteiger partial charge in [-0.05, 0) is 56.3 Å². The molecule has 0 saturated carbocycles. The van der Waals surface area contributed by atoms with Crippen LogP contribution in [0, 0.1) is 5.82 Å². The summed E-state index contributed by atoms with van der Waals surface area (Å²) in [5.41, 5.74) is 0.132. The first-order valence-corrected chi connectivity index (χ1v) is 11.0. The third-order valence-electron chi connectivity index (χ3n) is 4.49. The van der Waals surface area contributed by atoms with Gasteiger partial charge in [-0.25, -0.2) is 17.6 Å². The molecular formula is C21H24FNO6S. The Kier molecular flexibility index (Phi) is 7.06. The lowest BCUT2D eigenvalue weighted by molar-refractivity contribution is -0.0440. The van der Waals surface area contributed by atoms with Crippen LogP contribution < -0.4 is 4.74 Å². The summed E-state index contributed by atoms with van der Waals surface area (Å²) < 4.78 is 56.3. The van der Waals surface area contributed by atoms with Gasteiger partial charge in [-0.3, -0.25) is 0 Å². The van der Waals surface area contributed by atoms with E-state index in [9.17, 15) is 17.6 Å². The molecule has 162 valence electrons. The number of sulfonamides is 1. The molecule has 1 aliphatic heterocycles. The molecule has 2 aromatic carbocycles. The van der Waals surface area contributed by atoms with Crippen molar-refractivity contribution in [3.8, 4) is 5.75 Å². The zero-order valence-electron chi connectivity index (χ0n) is 16.8. The molecule has 7 nitrogen and oxygen atoms in total. The van der Waals surface area contributed by atoms with Gasteiger partial charge in [0.1, 0.15) is 24.8 Å². The van der Waals surface area contributed by atoms with Crippen molar-refractivity contribution in [3.05, 3.63) is 59.9 Å². The molecule has 3 rings (SSSR count). The summed E-state index contributed by atoms with van der Waals surface area (Å²) in [6.07, 6.45) is -0.421. The third kappa shape index (κ3) is 5.56. The number of carbonyl (C=O) groups is 1. The summed E-state index contributed by atoms with van der Waals surface area (Å²) in [5, 5.41) is 0. The molecule has 0 aromatic heterocycles. The van der Waals surface area contributed by atoms with Crippen LogP contribution in [0.3, 0.4) is 0 Å². The lowest BCUT2D eigenvalue weighted by Gasteiger charge is -2.34. The van der Waals surface area contributed by atoms with Gasteiger partial charge in [-0.1, -0.05) is 6.07 Å². The average molecular weight is 437 g/mol. The molecule has 1 aliphatic rings. The van der Waals surface area contributed by atoms with Crippen LogP contribution in [0.4, 0.5) is 4.39 Å². The highest BCUT2D eigenvalue weighted by Crippen LogP contribution is 2.22. The van der Waals surface area contributed by atoms with Crippen LogP contribution in [0.2, 0.25) is 0 Å². The number of benzene rings is 2. The van der Waals surface area contributed by atoms with Crippen LogP contribution >= 0.6 is 0 Å². The second-order valence-electron chi connectivity index (χ2n) is 7.05. The fraction of sp³-hybridized carbons (Fsp3) is 0.381. The van der Waals surface area contributed by atoms with Crippen LogP contribution in [0.25, 0.3) is 0 Å². The number of esters is 1. The smallest absolute Gasteiger partial charge is 0.338 e. The molecule has 2 atom stereocenters. The van der Waals surface area contributed by atoms with Crippen LogP contribution in [-0.2, 0) is 19.5 Å². The number of rotatable bonds is 7. The Bertz CT molecular complexity index is 969. The third-order valence-corrected chi connectivity index (χ3v) is 6.32. The van der Waals surface area contributed by atoms with E-state index in [1.54, 1.807) is 0 Å². The van der Waals surface area contributed by atoms with E-state index in [0.717, 1.165) is 0 Å². The van der Waals surface area contributed by atoms with E-state index in [0.29, 0.717) is 5.75 Å². The van der Waals surface area contributed by atoms with Gasteiger partial charge in [0.05, 0.1) is 22.7 Å². The maximum absolute atomic E-state index is 13.0. The summed E-state index contributed by atoms with van der Waals surface area (Å²) in [6.45, 7) is 4.19. The van der Waals surface area contributed by atoms with Gasteiger partial charge in [0.2, 0.25) is 10.0 Å². The maximum Gasteiger partial charge on any atom is 0.338 e. The Hall–Kier alpha value is -2.49. The molecule has 0 radical (unpaired) electrons. The summed E-state index contributed by atoms with van der Waals surface area (Å²) >= 11 is 0. The largest absolute Gasteiger partial charge is 0.490 e. The molecule has 9 heteroatoms. The normalized spacial score (nSPS) is 20.0. The molecule has 0 bridgehead atoms. The predicted molar refractivity (Wildman–Crippen MR) is 107 cm³/mol. The zero-order chi connectivity index (χ0) is 21.7. The Morgan fingerprint density at radius 2 is 1.77 bits per heavy atom. The highest BCUT2D eigenvalue weighted by molar-refractivity contribution is 7.89. The second kappa shape index (κ2) is 9.55. The minimum atomic E-state index is -3.76. The Morgan fingerprint density at radius 1 is 1.10 bits per heavy atom. The van der Waals surface area contributed by atoms with Crippen molar-refractivity contribution in [2.24, 2.45) is 0 Å². The van der Waals surface area contributed by atoms with Gasteiger partial charge in [-0.15, -0.1) is 0 Å². The number of hydrogen-bond acceptors (Lipinski definition) is 6. The van der Waals surface area contributed by atoms with Crippen LogP contribution in [-0.4, -0.2) is 57.2 Å². The molecule has 0 aliphatic carbocycles. The molecule has 1 saturated heterocycles. The van der Waals surface area contributed by atoms with Crippen molar-refractivity contribution in [1.82, 2.24) is 4.31 Å². The SMILES string of the molecule is CC1CN(S(=O)(=O)c2cccc(C(=O)OCCOc3ccc(F)cc3)c2)CC(C)O1. The van der Waals surface area contributed by atoms with Gasteiger partial charge in [0.25, 0.3) is 0 Å². The van der Waals surface area contributed by atoms with Gasteiger partial charge >= 0.3 is 5.97 Å². The van der Waals surface area contributed by atoms with Crippen molar-refractivity contribution in [1.29, 1.82) is 0 Å². The quantitative estimate of drug-likeness (QED) is 0.489. The first-order valence-electron chi connectivity index (χ1n) is 9.57. The highest BCUT2D eigenvalue weighted by Gasteiger charge is 2.32. The molecule has 2 unspecified atom stereocenters. The first-order chi connectivity index (χ1) is 14.3. The van der Waals surface area contributed by atoms with Gasteiger partial charge in [-0.2, -0.15) is 4.31 Å². The predicted octanol–water partition coefficient (Wildman–Crippen LogP) is 2.86. The van der Waals surface area contributed by atoms with Crippen molar-refractivity contribution < 1.29 is 31.8 Å². The van der Waals surface area contributed by atoms with E-state index >= 15 is 0 Å². The van der Waals surface area contributed by atoms with E-state index in [2.05, 4.69) is 0 Å². The number of halogens is 1. The standard InChI is InChI=1S/C21H24FNO6S/c1-15-13-23(14-16(2)29-15)30(25,26)20-5-3-4-17(12-20)21(24)28-11-10-27-19-8-6-18(22)7-9-19/h3-9,12,15-16H,10-11,13-14H2,1-2H3. The number of carbonyl (C=O) groups excluding carboxylic acids is 1. The topological polar surface area (TPSA) is 82.1 Å². The fourth-order valence-electron chi connectivity index (χ4n) is 3.17.